The maximum Gasteiger partial charge on any atom is 0.146 e. The lowest BCUT2D eigenvalue weighted by Crippen LogP contribution is -2.60. The average Bonchev–Trinajstić information content (AvgIpc) is 2.43. The molecule has 1 saturated carbocycles. The normalized spacial score (nSPS) is 43.5. The van der Waals surface area contributed by atoms with E-state index in [4.69, 9.17) is 0 Å². The van der Waals surface area contributed by atoms with Gasteiger partial charge in [0.1, 0.15) is 5.78 Å². The van der Waals surface area contributed by atoms with E-state index in [0.717, 1.165) is 32.2 Å². The van der Waals surface area contributed by atoms with Crippen LogP contribution in [-0.2, 0) is 4.79 Å². The van der Waals surface area contributed by atoms with Crippen LogP contribution in [0.4, 0.5) is 0 Å². The molecule has 0 spiro atoms. The maximum atomic E-state index is 11.5. The van der Waals surface area contributed by atoms with Crippen molar-refractivity contribution in [1.82, 2.24) is 4.90 Å². The molecule has 1 saturated heterocycles. The van der Waals surface area contributed by atoms with E-state index in [0.29, 0.717) is 18.7 Å². The third-order valence-corrected chi connectivity index (χ3v) is 4.44. The van der Waals surface area contributed by atoms with E-state index in [9.17, 15) is 9.90 Å². The summed E-state index contributed by atoms with van der Waals surface area (Å²) in [5, 5.41) is 10.4. The van der Waals surface area contributed by atoms with E-state index in [2.05, 4.69) is 11.8 Å². The van der Waals surface area contributed by atoms with Crippen molar-refractivity contribution in [3.05, 3.63) is 0 Å². The van der Waals surface area contributed by atoms with Gasteiger partial charge in [-0.1, -0.05) is 0 Å². The summed E-state index contributed by atoms with van der Waals surface area (Å²) in [7, 11) is 0. The highest BCUT2D eigenvalue weighted by Crippen LogP contribution is 2.43. The minimum absolute atomic E-state index is 0.191. The molecule has 2 atom stereocenters. The second kappa shape index (κ2) is 3.56. The quantitative estimate of drug-likeness (QED) is 0.711. The number of hydrogen-bond donors (Lipinski definition) is 1. The van der Waals surface area contributed by atoms with Gasteiger partial charge in [-0.3, -0.25) is 9.69 Å². The summed E-state index contributed by atoms with van der Waals surface area (Å²) in [5.74, 6) is 0.324. The monoisotopic (exact) mass is 211 g/mol. The van der Waals surface area contributed by atoms with Crippen molar-refractivity contribution >= 4 is 5.78 Å². The summed E-state index contributed by atoms with van der Waals surface area (Å²) in [6, 6.07) is 0. The molecule has 15 heavy (non-hydrogen) atoms. The minimum Gasteiger partial charge on any atom is -0.388 e. The molecule has 0 aromatic heterocycles. The zero-order valence-corrected chi connectivity index (χ0v) is 9.75. The Balaban J connectivity index is 2.17. The van der Waals surface area contributed by atoms with Crippen molar-refractivity contribution in [1.29, 1.82) is 0 Å². The van der Waals surface area contributed by atoms with E-state index in [1.165, 1.54) is 0 Å². The van der Waals surface area contributed by atoms with Gasteiger partial charge in [0.25, 0.3) is 0 Å². The van der Waals surface area contributed by atoms with Crippen LogP contribution < -0.4 is 0 Å². The Labute approximate surface area is 91.5 Å². The average molecular weight is 211 g/mol. The summed E-state index contributed by atoms with van der Waals surface area (Å²) in [4.78, 5) is 13.7. The van der Waals surface area contributed by atoms with Crippen molar-refractivity contribution in [3.8, 4) is 0 Å². The highest BCUT2D eigenvalue weighted by atomic mass is 16.3. The molecular weight excluding hydrogens is 190 g/mol. The number of nitrogens with zero attached hydrogens (tertiary/aromatic N) is 1. The molecule has 2 aliphatic rings. The first-order chi connectivity index (χ1) is 6.96. The van der Waals surface area contributed by atoms with Gasteiger partial charge in [-0.05, 0) is 46.1 Å². The molecule has 86 valence electrons. The van der Waals surface area contributed by atoms with Crippen molar-refractivity contribution in [2.45, 2.75) is 57.1 Å². The fourth-order valence-electron chi connectivity index (χ4n) is 3.07. The number of likely N-dealkylation sites (tertiary alicyclic amines) is 1. The fourth-order valence-corrected chi connectivity index (χ4v) is 3.07. The molecule has 1 aliphatic heterocycles. The summed E-state index contributed by atoms with van der Waals surface area (Å²) in [5.41, 5.74) is -0.826. The molecule has 0 bridgehead atoms. The van der Waals surface area contributed by atoms with E-state index in [-0.39, 0.29) is 5.54 Å². The van der Waals surface area contributed by atoms with E-state index in [1.807, 2.05) is 6.92 Å². The van der Waals surface area contributed by atoms with Crippen LogP contribution in [0.3, 0.4) is 0 Å². The van der Waals surface area contributed by atoms with Crippen LogP contribution in [0.5, 0.6) is 0 Å². The van der Waals surface area contributed by atoms with Crippen LogP contribution in [0, 0.1) is 0 Å². The zero-order valence-electron chi connectivity index (χ0n) is 9.75. The standard InChI is InChI=1S/C12H21NO2/c1-11(6-4-7-12(11,2)15)13-8-3-5-10(14)9-13/h15H,3-9H2,1-2H3. The van der Waals surface area contributed by atoms with Crippen molar-refractivity contribution in [3.63, 3.8) is 0 Å². The van der Waals surface area contributed by atoms with Gasteiger partial charge in [-0.25, -0.2) is 0 Å². The van der Waals surface area contributed by atoms with Gasteiger partial charge in [0.2, 0.25) is 0 Å². The second-order valence-electron chi connectivity index (χ2n) is 5.47. The van der Waals surface area contributed by atoms with Gasteiger partial charge in [0.15, 0.2) is 0 Å². The molecule has 2 fully saturated rings. The van der Waals surface area contributed by atoms with Crippen molar-refractivity contribution < 1.29 is 9.90 Å². The number of aliphatic hydroxyl groups is 1. The van der Waals surface area contributed by atoms with Gasteiger partial charge in [0.05, 0.1) is 12.1 Å². The topological polar surface area (TPSA) is 40.5 Å². The third kappa shape index (κ3) is 1.72. The first kappa shape index (κ1) is 11.1. The minimum atomic E-state index is -0.634. The van der Waals surface area contributed by atoms with Crippen molar-refractivity contribution in [2.75, 3.05) is 13.1 Å². The lowest BCUT2D eigenvalue weighted by Gasteiger charge is -2.47. The van der Waals surface area contributed by atoms with Gasteiger partial charge in [-0.15, -0.1) is 0 Å². The van der Waals surface area contributed by atoms with Gasteiger partial charge >= 0.3 is 0 Å². The summed E-state index contributed by atoms with van der Waals surface area (Å²) in [6.45, 7) is 5.52. The van der Waals surface area contributed by atoms with Gasteiger partial charge in [-0.2, -0.15) is 0 Å². The summed E-state index contributed by atoms with van der Waals surface area (Å²) in [6.07, 6.45) is 4.59. The lowest BCUT2D eigenvalue weighted by atomic mass is 9.83. The third-order valence-electron chi connectivity index (χ3n) is 4.44. The van der Waals surface area contributed by atoms with E-state index < -0.39 is 5.60 Å². The number of carbonyl (C=O) groups is 1. The Morgan fingerprint density at radius 1 is 1.27 bits per heavy atom. The predicted molar refractivity (Wildman–Crippen MR) is 58.7 cm³/mol. The number of hydrogen-bond acceptors (Lipinski definition) is 3. The van der Waals surface area contributed by atoms with Crippen LogP contribution in [0.2, 0.25) is 0 Å². The Kier molecular flexibility index (Phi) is 2.63. The smallest absolute Gasteiger partial charge is 0.146 e. The molecule has 3 heteroatoms. The molecule has 2 unspecified atom stereocenters. The Morgan fingerprint density at radius 3 is 2.53 bits per heavy atom. The van der Waals surface area contributed by atoms with Gasteiger partial charge in [0, 0.05) is 12.0 Å². The first-order valence-electron chi connectivity index (χ1n) is 5.95. The van der Waals surface area contributed by atoms with Crippen LogP contribution in [0.25, 0.3) is 0 Å². The van der Waals surface area contributed by atoms with Crippen LogP contribution >= 0.6 is 0 Å². The van der Waals surface area contributed by atoms with Crippen LogP contribution in [0.1, 0.15) is 46.0 Å². The molecule has 0 amide bonds. The maximum absolute atomic E-state index is 11.5. The number of rotatable bonds is 1. The first-order valence-corrected chi connectivity index (χ1v) is 5.95. The Bertz CT molecular complexity index is 275. The highest BCUT2D eigenvalue weighted by Gasteiger charge is 2.51. The van der Waals surface area contributed by atoms with Crippen LogP contribution in [-0.4, -0.2) is 40.0 Å². The number of piperidine rings is 1. The predicted octanol–water partition coefficient (Wildman–Crippen LogP) is 1.34. The summed E-state index contributed by atoms with van der Waals surface area (Å²) >= 11 is 0. The largest absolute Gasteiger partial charge is 0.388 e. The van der Waals surface area contributed by atoms with Crippen LogP contribution in [0.15, 0.2) is 0 Å². The SMILES string of the molecule is CC1(O)CCCC1(C)N1CCCC(=O)C1. The molecule has 0 aromatic rings. The molecule has 1 heterocycles. The molecule has 0 aromatic carbocycles. The zero-order chi connectivity index (χ0) is 11.1. The molecular formula is C12H21NO2. The van der Waals surface area contributed by atoms with E-state index in [1.54, 1.807) is 0 Å². The summed E-state index contributed by atoms with van der Waals surface area (Å²) < 4.78 is 0. The van der Waals surface area contributed by atoms with Crippen molar-refractivity contribution in [2.24, 2.45) is 0 Å². The number of ketones is 1. The number of carbonyl (C=O) groups excluding carboxylic acids is 1. The molecule has 1 N–H and O–H groups in total. The fraction of sp³-hybridized carbons (Fsp3) is 0.917. The lowest BCUT2D eigenvalue weighted by molar-refractivity contribution is -0.130. The van der Waals surface area contributed by atoms with Gasteiger partial charge < -0.3 is 5.11 Å². The molecule has 1 aliphatic carbocycles. The second-order valence-corrected chi connectivity index (χ2v) is 5.47. The highest BCUT2D eigenvalue weighted by molar-refractivity contribution is 5.81. The molecule has 3 nitrogen and oxygen atoms in total. The molecule has 2 rings (SSSR count). The number of Topliss-reactive ketones (excluding diaryl/α,β-unsaturated/α-hetero) is 1. The van der Waals surface area contributed by atoms with E-state index >= 15 is 0 Å². The Hall–Kier alpha value is -0.410. The Morgan fingerprint density at radius 2 is 2.00 bits per heavy atom. The molecule has 0 radical (unpaired) electrons.